The van der Waals surface area contributed by atoms with Crippen LogP contribution in [0.4, 0.5) is 4.39 Å². The Balaban J connectivity index is 2.05. The van der Waals surface area contributed by atoms with Gasteiger partial charge in [0.25, 0.3) is 0 Å². The summed E-state index contributed by atoms with van der Waals surface area (Å²) in [5.41, 5.74) is 0.560. The highest BCUT2D eigenvalue weighted by atomic mass is 79.9. The molecule has 98 valence electrons. The number of halogens is 3. The summed E-state index contributed by atoms with van der Waals surface area (Å²) in [5, 5.41) is 0.355. The van der Waals surface area contributed by atoms with E-state index in [2.05, 4.69) is 20.9 Å². The molecule has 2 aromatic rings. The summed E-state index contributed by atoms with van der Waals surface area (Å²) in [6.45, 7) is 0.00888. The molecule has 0 saturated carbocycles. The number of hydrogen-bond acceptors (Lipinski definition) is 3. The van der Waals surface area contributed by atoms with Crippen molar-refractivity contribution in [2.75, 3.05) is 0 Å². The van der Waals surface area contributed by atoms with Crippen molar-refractivity contribution in [3.05, 3.63) is 63.1 Å². The van der Waals surface area contributed by atoms with Crippen molar-refractivity contribution in [2.45, 2.75) is 6.61 Å². The minimum Gasteiger partial charge on any atom is -0.457 e. The molecule has 6 heteroatoms. The second kappa shape index (κ2) is 6.12. The molecule has 0 bridgehead atoms. The zero-order chi connectivity index (χ0) is 13.8. The van der Waals surface area contributed by atoms with Crippen LogP contribution in [0.25, 0.3) is 0 Å². The number of carbonyl (C=O) groups is 1. The molecule has 0 atom stereocenters. The highest BCUT2D eigenvalue weighted by molar-refractivity contribution is 9.10. The molecule has 1 aromatic heterocycles. The van der Waals surface area contributed by atoms with Gasteiger partial charge in [0.05, 0.1) is 5.56 Å². The first kappa shape index (κ1) is 14.0. The summed E-state index contributed by atoms with van der Waals surface area (Å²) >= 11 is 8.80. The lowest BCUT2D eigenvalue weighted by molar-refractivity contribution is 0.0467. The van der Waals surface area contributed by atoms with Crippen LogP contribution in [0.3, 0.4) is 0 Å². The molecule has 0 aliphatic carbocycles. The topological polar surface area (TPSA) is 39.2 Å². The Kier molecular flexibility index (Phi) is 4.50. The van der Waals surface area contributed by atoms with Crippen LogP contribution in [-0.4, -0.2) is 11.0 Å². The van der Waals surface area contributed by atoms with Gasteiger partial charge in [-0.15, -0.1) is 0 Å². The van der Waals surface area contributed by atoms with Crippen LogP contribution in [0.2, 0.25) is 5.15 Å². The average Bonchev–Trinajstić information content (AvgIpc) is 2.40. The van der Waals surface area contributed by atoms with Crippen molar-refractivity contribution >= 4 is 33.5 Å². The predicted molar refractivity (Wildman–Crippen MR) is 72.5 cm³/mol. The van der Waals surface area contributed by atoms with Crippen molar-refractivity contribution in [3.8, 4) is 0 Å². The molecule has 1 aromatic carbocycles. The molecular weight excluding hydrogens is 337 g/mol. The Morgan fingerprint density at radius 3 is 2.84 bits per heavy atom. The van der Waals surface area contributed by atoms with E-state index in [1.165, 1.54) is 24.4 Å². The quantitative estimate of drug-likeness (QED) is 0.624. The van der Waals surface area contributed by atoms with Gasteiger partial charge in [0.1, 0.15) is 17.6 Å². The smallest absolute Gasteiger partial charge is 0.341 e. The minimum absolute atomic E-state index is 0.00888. The van der Waals surface area contributed by atoms with Crippen molar-refractivity contribution in [3.63, 3.8) is 0 Å². The fraction of sp³-hybridized carbons (Fsp3) is 0.0769. The summed E-state index contributed by atoms with van der Waals surface area (Å²) in [7, 11) is 0. The summed E-state index contributed by atoms with van der Waals surface area (Å²) < 4.78 is 19.1. The highest BCUT2D eigenvalue weighted by Crippen LogP contribution is 2.17. The first-order chi connectivity index (χ1) is 9.06. The summed E-state index contributed by atoms with van der Waals surface area (Å²) in [6.07, 6.45) is 1.49. The lowest BCUT2D eigenvalue weighted by Crippen LogP contribution is -2.07. The number of carbonyl (C=O) groups excluding carboxylic acids is 1. The normalized spacial score (nSPS) is 10.3. The van der Waals surface area contributed by atoms with Crippen molar-refractivity contribution in [1.29, 1.82) is 0 Å². The van der Waals surface area contributed by atoms with Crippen LogP contribution in [-0.2, 0) is 11.3 Å². The van der Waals surface area contributed by atoms with Gasteiger partial charge in [-0.2, -0.15) is 0 Å². The number of benzene rings is 1. The summed E-state index contributed by atoms with van der Waals surface area (Å²) in [6, 6.07) is 7.35. The molecule has 0 aliphatic rings. The third kappa shape index (κ3) is 3.75. The van der Waals surface area contributed by atoms with E-state index in [1.54, 1.807) is 12.1 Å². The molecule has 0 radical (unpaired) electrons. The average molecular weight is 345 g/mol. The maximum Gasteiger partial charge on any atom is 0.341 e. The van der Waals surface area contributed by atoms with E-state index < -0.39 is 11.8 Å². The van der Waals surface area contributed by atoms with Crippen molar-refractivity contribution < 1.29 is 13.9 Å². The van der Waals surface area contributed by atoms with E-state index in [-0.39, 0.29) is 12.2 Å². The molecule has 0 saturated heterocycles. The van der Waals surface area contributed by atoms with E-state index in [0.717, 1.165) is 0 Å². The molecule has 0 spiro atoms. The number of rotatable bonds is 3. The fourth-order valence-corrected chi connectivity index (χ4v) is 1.85. The van der Waals surface area contributed by atoms with Crippen LogP contribution in [0.5, 0.6) is 0 Å². The molecule has 1 heterocycles. The largest absolute Gasteiger partial charge is 0.457 e. The lowest BCUT2D eigenvalue weighted by Gasteiger charge is -2.06. The Hall–Kier alpha value is -1.46. The standard InChI is InChI=1S/C13H8BrClFNO2/c14-9-2-3-11(16)10(5-9)13(18)19-7-8-1-4-12(15)17-6-8/h1-6H,7H2. The molecule has 0 amide bonds. The third-order valence-corrected chi connectivity index (χ3v) is 3.02. The van der Waals surface area contributed by atoms with Crippen LogP contribution in [0.1, 0.15) is 15.9 Å². The van der Waals surface area contributed by atoms with Crippen molar-refractivity contribution in [2.24, 2.45) is 0 Å². The first-order valence-corrected chi connectivity index (χ1v) is 6.46. The van der Waals surface area contributed by atoms with Gasteiger partial charge in [-0.3, -0.25) is 0 Å². The number of esters is 1. The van der Waals surface area contributed by atoms with Crippen LogP contribution in [0, 0.1) is 5.82 Å². The van der Waals surface area contributed by atoms with E-state index in [1.807, 2.05) is 0 Å². The van der Waals surface area contributed by atoms with E-state index >= 15 is 0 Å². The van der Waals surface area contributed by atoms with E-state index in [9.17, 15) is 9.18 Å². The molecule has 3 nitrogen and oxygen atoms in total. The van der Waals surface area contributed by atoms with Gasteiger partial charge in [0.2, 0.25) is 0 Å². The Labute approximate surface area is 122 Å². The minimum atomic E-state index is -0.728. The molecule has 0 fully saturated rings. The third-order valence-electron chi connectivity index (χ3n) is 2.31. The van der Waals surface area contributed by atoms with E-state index in [0.29, 0.717) is 15.2 Å². The van der Waals surface area contributed by atoms with Gasteiger partial charge in [-0.1, -0.05) is 33.6 Å². The van der Waals surface area contributed by atoms with Gasteiger partial charge in [-0.25, -0.2) is 14.2 Å². The van der Waals surface area contributed by atoms with Crippen LogP contribution >= 0.6 is 27.5 Å². The Morgan fingerprint density at radius 1 is 1.37 bits per heavy atom. The molecule has 19 heavy (non-hydrogen) atoms. The van der Waals surface area contributed by atoms with E-state index in [4.69, 9.17) is 16.3 Å². The first-order valence-electron chi connectivity index (χ1n) is 5.29. The Morgan fingerprint density at radius 2 is 2.16 bits per heavy atom. The van der Waals surface area contributed by atoms with Gasteiger partial charge in [0.15, 0.2) is 0 Å². The van der Waals surface area contributed by atoms with Gasteiger partial charge >= 0.3 is 5.97 Å². The zero-order valence-electron chi connectivity index (χ0n) is 9.57. The molecule has 2 rings (SSSR count). The maximum absolute atomic E-state index is 13.4. The zero-order valence-corrected chi connectivity index (χ0v) is 11.9. The van der Waals surface area contributed by atoms with Gasteiger partial charge in [0, 0.05) is 16.2 Å². The SMILES string of the molecule is O=C(OCc1ccc(Cl)nc1)c1cc(Br)ccc1F. The monoisotopic (exact) mass is 343 g/mol. The number of pyridine rings is 1. The van der Waals surface area contributed by atoms with Gasteiger partial charge in [-0.05, 0) is 24.3 Å². The van der Waals surface area contributed by atoms with Crippen LogP contribution in [0.15, 0.2) is 41.0 Å². The highest BCUT2D eigenvalue weighted by Gasteiger charge is 2.13. The maximum atomic E-state index is 13.4. The predicted octanol–water partition coefficient (Wildman–Crippen LogP) is 3.99. The molecule has 0 aliphatic heterocycles. The number of nitrogens with zero attached hydrogens (tertiary/aromatic N) is 1. The second-order valence-electron chi connectivity index (χ2n) is 3.69. The summed E-state index contributed by atoms with van der Waals surface area (Å²) in [4.78, 5) is 15.6. The number of hydrogen-bond donors (Lipinski definition) is 0. The molecule has 0 N–H and O–H groups in total. The Bertz CT molecular complexity index is 604. The second-order valence-corrected chi connectivity index (χ2v) is 4.99. The van der Waals surface area contributed by atoms with Gasteiger partial charge < -0.3 is 4.74 Å². The number of ether oxygens (including phenoxy) is 1. The molecule has 0 unspecified atom stereocenters. The summed E-state index contributed by atoms with van der Waals surface area (Å²) in [5.74, 6) is -1.35. The number of aromatic nitrogens is 1. The van der Waals surface area contributed by atoms with Crippen LogP contribution < -0.4 is 0 Å². The lowest BCUT2D eigenvalue weighted by atomic mass is 10.2. The fourth-order valence-electron chi connectivity index (χ4n) is 1.37. The molecular formula is C13H8BrClFNO2. The van der Waals surface area contributed by atoms with Crippen molar-refractivity contribution in [1.82, 2.24) is 4.98 Å².